The van der Waals surface area contributed by atoms with E-state index in [0.29, 0.717) is 22.7 Å². The van der Waals surface area contributed by atoms with Gasteiger partial charge in [-0.1, -0.05) is 28.1 Å². The molecule has 1 aliphatic rings. The zero-order valence-electron chi connectivity index (χ0n) is 16.1. The molecule has 8 heteroatoms. The Morgan fingerprint density at radius 2 is 1.70 bits per heavy atom. The van der Waals surface area contributed by atoms with Crippen LogP contribution in [0.2, 0.25) is 0 Å². The van der Waals surface area contributed by atoms with Crippen molar-refractivity contribution in [2.45, 2.75) is 17.9 Å². The molecule has 1 N–H and O–H groups in total. The summed E-state index contributed by atoms with van der Waals surface area (Å²) in [7, 11) is -3.78. The molecule has 154 valence electrons. The summed E-state index contributed by atoms with van der Waals surface area (Å²) in [6, 6.07) is 20.2. The average molecular weight is 487 g/mol. The molecule has 0 saturated carbocycles. The smallest absolute Gasteiger partial charge is 0.264 e. The average Bonchev–Trinajstić information content (AvgIpc) is 2.74. The van der Waals surface area contributed by atoms with Gasteiger partial charge in [-0.2, -0.15) is 0 Å². The zero-order valence-corrected chi connectivity index (χ0v) is 18.5. The van der Waals surface area contributed by atoms with Gasteiger partial charge in [-0.25, -0.2) is 8.42 Å². The molecular weight excluding hydrogens is 468 g/mol. The second-order valence-electron chi connectivity index (χ2n) is 6.92. The number of nitrogens with zero attached hydrogens (tertiary/aromatic N) is 1. The van der Waals surface area contributed by atoms with Crippen molar-refractivity contribution in [1.29, 1.82) is 0 Å². The molecule has 0 aromatic heterocycles. The zero-order chi connectivity index (χ0) is 21.3. The summed E-state index contributed by atoms with van der Waals surface area (Å²) in [5.41, 5.74) is 1.54. The summed E-state index contributed by atoms with van der Waals surface area (Å²) >= 11 is 3.33. The maximum absolute atomic E-state index is 13.3. The van der Waals surface area contributed by atoms with E-state index in [1.54, 1.807) is 54.6 Å². The molecule has 6 nitrogen and oxygen atoms in total. The first-order valence-corrected chi connectivity index (χ1v) is 11.5. The number of carbonyl (C=O) groups is 1. The number of anilines is 2. The fourth-order valence-electron chi connectivity index (χ4n) is 3.22. The molecule has 0 bridgehead atoms. The molecule has 1 aliphatic heterocycles. The number of amides is 1. The number of nitrogens with one attached hydrogen (secondary N) is 1. The van der Waals surface area contributed by atoms with Gasteiger partial charge in [0.15, 0.2) is 0 Å². The van der Waals surface area contributed by atoms with E-state index < -0.39 is 10.0 Å². The highest BCUT2D eigenvalue weighted by Gasteiger charge is 2.32. The Kier molecular flexibility index (Phi) is 5.53. The maximum atomic E-state index is 13.3. The second-order valence-corrected chi connectivity index (χ2v) is 9.70. The number of sulfonamides is 1. The van der Waals surface area contributed by atoms with E-state index in [9.17, 15) is 13.2 Å². The molecule has 3 aromatic carbocycles. The predicted octanol–water partition coefficient (Wildman–Crippen LogP) is 4.68. The van der Waals surface area contributed by atoms with E-state index in [-0.39, 0.29) is 23.5 Å². The fourth-order valence-corrected chi connectivity index (χ4v) is 5.03. The van der Waals surface area contributed by atoms with Crippen molar-refractivity contribution in [3.63, 3.8) is 0 Å². The number of rotatable bonds is 4. The number of carbonyl (C=O) groups excluding carboxylic acids is 1. The highest BCUT2D eigenvalue weighted by atomic mass is 79.9. The van der Waals surface area contributed by atoms with Gasteiger partial charge in [0.25, 0.3) is 15.9 Å². The molecule has 0 aliphatic carbocycles. The molecule has 1 atom stereocenters. The molecule has 0 radical (unpaired) electrons. The van der Waals surface area contributed by atoms with Gasteiger partial charge in [0.2, 0.25) is 0 Å². The van der Waals surface area contributed by atoms with Gasteiger partial charge < -0.3 is 10.1 Å². The topological polar surface area (TPSA) is 75.7 Å². The number of ether oxygens (including phenoxy) is 1. The van der Waals surface area contributed by atoms with Crippen LogP contribution in [-0.4, -0.2) is 27.0 Å². The number of fused-ring (bicyclic) bond motifs is 1. The van der Waals surface area contributed by atoms with Gasteiger partial charge in [0.05, 0.1) is 17.1 Å². The van der Waals surface area contributed by atoms with Crippen LogP contribution in [0.15, 0.2) is 82.2 Å². The second kappa shape index (κ2) is 8.12. The first kappa shape index (κ1) is 20.4. The lowest BCUT2D eigenvalue weighted by Crippen LogP contribution is -2.42. The fraction of sp³-hybridized carbons (Fsp3) is 0.136. The van der Waals surface area contributed by atoms with Crippen LogP contribution in [0.5, 0.6) is 5.75 Å². The third kappa shape index (κ3) is 4.06. The summed E-state index contributed by atoms with van der Waals surface area (Å²) in [5, 5.41) is 2.78. The van der Waals surface area contributed by atoms with Crippen molar-refractivity contribution in [3.05, 3.63) is 82.8 Å². The Hall–Kier alpha value is -2.84. The highest BCUT2D eigenvalue weighted by molar-refractivity contribution is 9.10. The largest absolute Gasteiger partial charge is 0.487 e. The highest BCUT2D eigenvalue weighted by Crippen LogP contribution is 2.36. The van der Waals surface area contributed by atoms with Crippen LogP contribution in [0.3, 0.4) is 0 Å². The number of hydrogen-bond acceptors (Lipinski definition) is 4. The Morgan fingerprint density at radius 1 is 1.03 bits per heavy atom. The molecule has 4 rings (SSSR count). The molecule has 0 fully saturated rings. The standard InChI is InChI=1S/C22H19BrN2O4S/c1-15-14-25(20-4-2-3-5-21(20)29-15)30(27,28)19-12-10-18(11-13-19)24-22(26)16-6-8-17(23)9-7-16/h2-13,15H,14H2,1H3,(H,24,26)/t15-/m1/s1. The van der Waals surface area contributed by atoms with Gasteiger partial charge in [0.1, 0.15) is 11.9 Å². The van der Waals surface area contributed by atoms with Gasteiger partial charge in [-0.15, -0.1) is 0 Å². The Bertz CT molecular complexity index is 1180. The SMILES string of the molecule is C[C@@H]1CN(S(=O)(=O)c2ccc(NC(=O)c3ccc(Br)cc3)cc2)c2ccccc2O1. The van der Waals surface area contributed by atoms with Crippen molar-refractivity contribution in [3.8, 4) is 5.75 Å². The molecule has 0 unspecified atom stereocenters. The van der Waals surface area contributed by atoms with E-state index >= 15 is 0 Å². The monoisotopic (exact) mass is 486 g/mol. The molecule has 30 heavy (non-hydrogen) atoms. The van der Waals surface area contributed by atoms with Crippen molar-refractivity contribution in [1.82, 2.24) is 0 Å². The lowest BCUT2D eigenvalue weighted by Gasteiger charge is -2.34. The van der Waals surface area contributed by atoms with Crippen LogP contribution in [0.1, 0.15) is 17.3 Å². The van der Waals surface area contributed by atoms with Gasteiger partial charge >= 0.3 is 0 Å². The molecular formula is C22H19BrN2O4S. The number of hydrogen-bond donors (Lipinski definition) is 1. The normalized spacial score (nSPS) is 15.8. The van der Waals surface area contributed by atoms with Crippen LogP contribution >= 0.6 is 15.9 Å². The van der Waals surface area contributed by atoms with Crippen LogP contribution in [0.25, 0.3) is 0 Å². The van der Waals surface area contributed by atoms with Crippen molar-refractivity contribution < 1.29 is 17.9 Å². The maximum Gasteiger partial charge on any atom is 0.264 e. The Morgan fingerprint density at radius 3 is 2.40 bits per heavy atom. The Labute approximate surface area is 183 Å². The lowest BCUT2D eigenvalue weighted by atomic mass is 10.2. The molecule has 0 spiro atoms. The first-order chi connectivity index (χ1) is 14.3. The van der Waals surface area contributed by atoms with Crippen LogP contribution in [-0.2, 0) is 10.0 Å². The number of para-hydroxylation sites is 2. The molecule has 0 saturated heterocycles. The predicted molar refractivity (Wildman–Crippen MR) is 120 cm³/mol. The van der Waals surface area contributed by atoms with Gasteiger partial charge in [0, 0.05) is 15.7 Å². The van der Waals surface area contributed by atoms with E-state index in [1.807, 2.05) is 13.0 Å². The quantitative estimate of drug-likeness (QED) is 0.580. The summed E-state index contributed by atoms with van der Waals surface area (Å²) < 4.78 is 34.5. The molecule has 1 amide bonds. The van der Waals surface area contributed by atoms with Crippen LogP contribution in [0.4, 0.5) is 11.4 Å². The van der Waals surface area contributed by atoms with E-state index in [2.05, 4.69) is 21.2 Å². The summed E-state index contributed by atoms with van der Waals surface area (Å²) in [6.07, 6.45) is -0.265. The van der Waals surface area contributed by atoms with Gasteiger partial charge in [-0.05, 0) is 67.6 Å². The number of halogens is 1. The summed E-state index contributed by atoms with van der Waals surface area (Å²) in [6.45, 7) is 2.06. The van der Waals surface area contributed by atoms with Gasteiger partial charge in [-0.3, -0.25) is 9.10 Å². The molecule has 3 aromatic rings. The minimum Gasteiger partial charge on any atom is -0.487 e. The van der Waals surface area contributed by atoms with Crippen molar-refractivity contribution in [2.24, 2.45) is 0 Å². The number of benzene rings is 3. The Balaban J connectivity index is 1.56. The van der Waals surface area contributed by atoms with E-state index in [4.69, 9.17) is 4.74 Å². The minimum atomic E-state index is -3.78. The third-order valence-electron chi connectivity index (χ3n) is 4.69. The third-order valence-corrected chi connectivity index (χ3v) is 7.01. The van der Waals surface area contributed by atoms with E-state index in [1.165, 1.54) is 16.4 Å². The van der Waals surface area contributed by atoms with E-state index in [0.717, 1.165) is 4.47 Å². The minimum absolute atomic E-state index is 0.146. The lowest BCUT2D eigenvalue weighted by molar-refractivity contribution is 0.102. The summed E-state index contributed by atoms with van der Waals surface area (Å²) in [4.78, 5) is 12.5. The molecule has 1 heterocycles. The van der Waals surface area contributed by atoms with Crippen molar-refractivity contribution in [2.75, 3.05) is 16.2 Å². The van der Waals surface area contributed by atoms with Crippen LogP contribution in [0, 0.1) is 0 Å². The summed E-state index contributed by atoms with van der Waals surface area (Å²) in [5.74, 6) is 0.271. The van der Waals surface area contributed by atoms with Crippen LogP contribution < -0.4 is 14.4 Å². The van der Waals surface area contributed by atoms with Crippen molar-refractivity contribution >= 4 is 43.2 Å². The first-order valence-electron chi connectivity index (χ1n) is 9.30.